The van der Waals surface area contributed by atoms with Gasteiger partial charge in [0.1, 0.15) is 6.04 Å². The minimum Gasteiger partial charge on any atom is -0.465 e. The van der Waals surface area contributed by atoms with Crippen molar-refractivity contribution in [3.8, 4) is 0 Å². The van der Waals surface area contributed by atoms with Crippen molar-refractivity contribution in [2.45, 2.75) is 90.6 Å². The Labute approximate surface area is 260 Å². The van der Waals surface area contributed by atoms with Crippen molar-refractivity contribution < 1.29 is 29.4 Å². The molecular weight excluding hydrogens is 560 g/mol. The summed E-state index contributed by atoms with van der Waals surface area (Å²) in [5.41, 5.74) is 1.89. The van der Waals surface area contributed by atoms with Crippen LogP contribution in [0.4, 0.5) is 4.79 Å². The molecule has 0 saturated carbocycles. The van der Waals surface area contributed by atoms with Crippen LogP contribution in [0.2, 0.25) is 0 Å². The molecule has 4 atom stereocenters. The van der Waals surface area contributed by atoms with Gasteiger partial charge in [-0.05, 0) is 42.2 Å². The monoisotopic (exact) mass is 608 g/mol. The number of rotatable bonds is 18. The molecule has 0 heterocycles. The van der Waals surface area contributed by atoms with E-state index in [0.29, 0.717) is 25.8 Å². The molecule has 0 aliphatic rings. The fourth-order valence-corrected chi connectivity index (χ4v) is 4.82. The quantitative estimate of drug-likeness (QED) is 0.141. The van der Waals surface area contributed by atoms with E-state index in [0.717, 1.165) is 11.1 Å². The van der Waals surface area contributed by atoms with Crippen LogP contribution in [0.25, 0.3) is 0 Å². The second-order valence-electron chi connectivity index (χ2n) is 11.9. The van der Waals surface area contributed by atoms with Gasteiger partial charge in [0.05, 0.1) is 24.6 Å². The molecule has 4 amide bonds. The number of hydrogen-bond acceptors (Lipinski definition) is 5. The van der Waals surface area contributed by atoms with Crippen LogP contribution in [0.5, 0.6) is 0 Å². The average molecular weight is 609 g/mol. The van der Waals surface area contributed by atoms with E-state index < -0.39 is 36.2 Å². The van der Waals surface area contributed by atoms with E-state index in [2.05, 4.69) is 21.3 Å². The average Bonchev–Trinajstić information content (AvgIpc) is 2.95. The van der Waals surface area contributed by atoms with Crippen molar-refractivity contribution in [3.05, 3.63) is 83.9 Å². The van der Waals surface area contributed by atoms with Gasteiger partial charge in [-0.2, -0.15) is 0 Å². The van der Waals surface area contributed by atoms with Gasteiger partial charge in [0.15, 0.2) is 0 Å². The second-order valence-corrected chi connectivity index (χ2v) is 11.9. The lowest BCUT2D eigenvalue weighted by Crippen LogP contribution is -2.50. The number of carbonyl (C=O) groups is 4. The minimum atomic E-state index is -1.17. The third-order valence-corrected chi connectivity index (χ3v) is 6.88. The molecule has 0 aliphatic heterocycles. The number of aliphatic hydroxyl groups excluding tert-OH is 1. The lowest BCUT2D eigenvalue weighted by atomic mass is 9.96. The molecule has 10 heteroatoms. The Hall–Kier alpha value is -4.18. The van der Waals surface area contributed by atoms with Gasteiger partial charge in [-0.15, -0.1) is 0 Å². The molecule has 2 rings (SSSR count). The van der Waals surface area contributed by atoms with E-state index in [4.69, 9.17) is 0 Å². The maximum absolute atomic E-state index is 13.0. The van der Waals surface area contributed by atoms with Crippen molar-refractivity contribution in [1.82, 2.24) is 21.3 Å². The molecule has 240 valence electrons. The summed E-state index contributed by atoms with van der Waals surface area (Å²) in [6.45, 7) is 8.16. The molecule has 0 bridgehead atoms. The van der Waals surface area contributed by atoms with Crippen molar-refractivity contribution in [1.29, 1.82) is 0 Å². The van der Waals surface area contributed by atoms with E-state index in [1.54, 1.807) is 12.2 Å². The Balaban J connectivity index is 1.96. The summed E-state index contributed by atoms with van der Waals surface area (Å²) in [7, 11) is 0. The summed E-state index contributed by atoms with van der Waals surface area (Å²) < 4.78 is 0. The molecule has 2 aromatic carbocycles. The lowest BCUT2D eigenvalue weighted by Gasteiger charge is -2.26. The SMILES string of the molecule is CC(C)C[C@H](NC(=O)C[C@H](O)[C@H](CC(C)C)NC(=O)C/C=C/[C@H](Cc1ccccc1)NC(=O)O)C(=O)NCc1ccccc1. The molecule has 44 heavy (non-hydrogen) atoms. The molecule has 2 aromatic rings. The molecule has 0 aromatic heterocycles. The molecule has 0 aliphatic carbocycles. The zero-order valence-electron chi connectivity index (χ0n) is 26.2. The van der Waals surface area contributed by atoms with E-state index in [1.165, 1.54) is 0 Å². The largest absolute Gasteiger partial charge is 0.465 e. The van der Waals surface area contributed by atoms with Gasteiger partial charge in [-0.1, -0.05) is 101 Å². The van der Waals surface area contributed by atoms with Crippen LogP contribution in [0, 0.1) is 11.8 Å². The molecule has 0 saturated heterocycles. The molecule has 0 radical (unpaired) electrons. The van der Waals surface area contributed by atoms with Gasteiger partial charge in [0.25, 0.3) is 0 Å². The van der Waals surface area contributed by atoms with Crippen molar-refractivity contribution in [3.63, 3.8) is 0 Å². The van der Waals surface area contributed by atoms with Crippen molar-refractivity contribution in [2.75, 3.05) is 0 Å². The highest BCUT2D eigenvalue weighted by Gasteiger charge is 2.27. The first kappa shape index (κ1) is 36.0. The highest BCUT2D eigenvalue weighted by Crippen LogP contribution is 2.13. The van der Waals surface area contributed by atoms with Crippen LogP contribution in [0.1, 0.15) is 64.5 Å². The summed E-state index contributed by atoms with van der Waals surface area (Å²) in [6.07, 6.45) is 1.89. The maximum atomic E-state index is 13.0. The number of nitrogens with one attached hydrogen (secondary N) is 4. The van der Waals surface area contributed by atoms with E-state index in [1.807, 2.05) is 88.4 Å². The summed E-state index contributed by atoms with van der Waals surface area (Å²) in [6, 6.07) is 16.9. The van der Waals surface area contributed by atoms with Crippen LogP contribution in [0.15, 0.2) is 72.8 Å². The smallest absolute Gasteiger partial charge is 0.405 e. The first-order valence-electron chi connectivity index (χ1n) is 15.2. The molecule has 0 unspecified atom stereocenters. The van der Waals surface area contributed by atoms with Crippen LogP contribution >= 0.6 is 0 Å². The zero-order chi connectivity index (χ0) is 32.5. The Bertz CT molecular complexity index is 1200. The topological polar surface area (TPSA) is 157 Å². The second kappa shape index (κ2) is 19.2. The summed E-state index contributed by atoms with van der Waals surface area (Å²) in [5.74, 6) is -0.873. The fourth-order valence-electron chi connectivity index (χ4n) is 4.82. The fraction of sp³-hybridized carbons (Fsp3) is 0.471. The third-order valence-electron chi connectivity index (χ3n) is 6.88. The van der Waals surface area contributed by atoms with Crippen LogP contribution in [0.3, 0.4) is 0 Å². The van der Waals surface area contributed by atoms with Gasteiger partial charge < -0.3 is 31.5 Å². The summed E-state index contributed by atoms with van der Waals surface area (Å²) >= 11 is 0. The highest BCUT2D eigenvalue weighted by atomic mass is 16.4. The Morgan fingerprint density at radius 3 is 1.93 bits per heavy atom. The number of aliphatic hydroxyl groups is 1. The van der Waals surface area contributed by atoms with Crippen molar-refractivity contribution in [2.24, 2.45) is 11.8 Å². The predicted octanol–water partition coefficient (Wildman–Crippen LogP) is 3.94. The molecule has 10 nitrogen and oxygen atoms in total. The van der Waals surface area contributed by atoms with Crippen molar-refractivity contribution >= 4 is 23.8 Å². The number of benzene rings is 2. The van der Waals surface area contributed by atoms with Gasteiger partial charge in [0.2, 0.25) is 17.7 Å². The highest BCUT2D eigenvalue weighted by molar-refractivity contribution is 5.87. The normalized spacial score (nSPS) is 14.1. The van der Waals surface area contributed by atoms with Crippen LogP contribution in [-0.2, 0) is 27.3 Å². The molecule has 0 fully saturated rings. The van der Waals surface area contributed by atoms with E-state index in [-0.39, 0.29) is 36.5 Å². The lowest BCUT2D eigenvalue weighted by molar-refractivity contribution is -0.131. The Kier molecular flexibility index (Phi) is 15.7. The molecule has 0 spiro atoms. The standard InChI is InChI=1S/C34H48N4O6/c1-23(2)18-28(37-31(40)17-11-16-27(36-34(43)44)20-25-12-7-5-8-13-25)30(39)21-32(41)38-29(19-24(3)4)33(42)35-22-26-14-9-6-10-15-26/h5-16,23-24,27-30,36,39H,17-22H2,1-4H3,(H,35,42)(H,37,40)(H,38,41)(H,43,44)/b16-11+/t27-,28+,29+,30+/m1/s1. The van der Waals surface area contributed by atoms with Crippen LogP contribution in [-0.4, -0.2) is 58.3 Å². The first-order chi connectivity index (χ1) is 20.9. The predicted molar refractivity (Wildman–Crippen MR) is 171 cm³/mol. The first-order valence-corrected chi connectivity index (χ1v) is 15.2. The summed E-state index contributed by atoms with van der Waals surface area (Å²) in [4.78, 5) is 49.9. The maximum Gasteiger partial charge on any atom is 0.405 e. The number of amides is 4. The minimum absolute atomic E-state index is 0.0296. The number of carboxylic acid groups (broad SMARTS) is 1. The van der Waals surface area contributed by atoms with E-state index in [9.17, 15) is 29.4 Å². The Morgan fingerprint density at radius 2 is 1.36 bits per heavy atom. The van der Waals surface area contributed by atoms with Gasteiger partial charge in [-0.3, -0.25) is 14.4 Å². The number of hydrogen-bond donors (Lipinski definition) is 6. The van der Waals surface area contributed by atoms with E-state index >= 15 is 0 Å². The van der Waals surface area contributed by atoms with Gasteiger partial charge >= 0.3 is 6.09 Å². The number of carbonyl (C=O) groups excluding carboxylic acids is 3. The van der Waals surface area contributed by atoms with Gasteiger partial charge in [0, 0.05) is 13.0 Å². The van der Waals surface area contributed by atoms with Crippen LogP contribution < -0.4 is 21.3 Å². The van der Waals surface area contributed by atoms with Gasteiger partial charge in [-0.25, -0.2) is 4.79 Å². The Morgan fingerprint density at radius 1 is 0.773 bits per heavy atom. The molecular formula is C34H48N4O6. The third kappa shape index (κ3) is 14.8. The zero-order valence-corrected chi connectivity index (χ0v) is 26.2. The summed E-state index contributed by atoms with van der Waals surface area (Å²) in [5, 5.41) is 31.1. The molecule has 6 N–H and O–H groups in total.